The third-order valence-corrected chi connectivity index (χ3v) is 6.89. The molecule has 3 amide bonds. The minimum absolute atomic E-state index is 0.0125. The number of hydrogen-bond donors (Lipinski definition) is 3. The summed E-state index contributed by atoms with van der Waals surface area (Å²) >= 11 is 1.42. The Morgan fingerprint density at radius 3 is 2.47 bits per heavy atom. The van der Waals surface area contributed by atoms with Crippen LogP contribution in [0.1, 0.15) is 86.1 Å². The molecule has 0 saturated heterocycles. The van der Waals surface area contributed by atoms with E-state index in [0.717, 1.165) is 55.4 Å². The zero-order valence-electron chi connectivity index (χ0n) is 17.9. The van der Waals surface area contributed by atoms with Crippen molar-refractivity contribution in [1.29, 1.82) is 0 Å². The van der Waals surface area contributed by atoms with Gasteiger partial charge in [0.05, 0.1) is 11.6 Å². The van der Waals surface area contributed by atoms with E-state index >= 15 is 0 Å². The molecule has 7 nitrogen and oxygen atoms in total. The normalized spacial score (nSPS) is 20.8. The molecule has 2 fully saturated rings. The second kappa shape index (κ2) is 8.21. The molecule has 1 aromatic rings. The van der Waals surface area contributed by atoms with Gasteiger partial charge >= 0.3 is 6.09 Å². The van der Waals surface area contributed by atoms with Crippen LogP contribution in [0, 0.1) is 11.8 Å². The molecule has 1 heterocycles. The van der Waals surface area contributed by atoms with E-state index in [1.165, 1.54) is 11.3 Å². The van der Waals surface area contributed by atoms with Gasteiger partial charge in [0.1, 0.15) is 10.6 Å². The van der Waals surface area contributed by atoms with E-state index in [2.05, 4.69) is 16.0 Å². The molecule has 164 valence electrons. The number of anilines is 1. The Balaban J connectivity index is 1.57. The number of carbonyl (C=O) groups is 3. The first-order valence-electron chi connectivity index (χ1n) is 11.0. The fourth-order valence-electron chi connectivity index (χ4n) is 3.75. The SMILES string of the molecule is CC(C)(C)OC(=O)NC1CCCc2c1sc(NC(=O)C1CC1)c2C(=O)NCC1CC1. The van der Waals surface area contributed by atoms with Gasteiger partial charge in [-0.15, -0.1) is 11.3 Å². The molecule has 8 heteroatoms. The van der Waals surface area contributed by atoms with Crippen LogP contribution in [0.25, 0.3) is 0 Å². The smallest absolute Gasteiger partial charge is 0.408 e. The van der Waals surface area contributed by atoms with Crippen LogP contribution in [0.5, 0.6) is 0 Å². The molecule has 3 N–H and O–H groups in total. The fraction of sp³-hybridized carbons (Fsp3) is 0.682. The number of rotatable bonds is 6. The highest BCUT2D eigenvalue weighted by Gasteiger charge is 2.35. The van der Waals surface area contributed by atoms with E-state index in [1.807, 2.05) is 20.8 Å². The molecule has 1 aromatic heterocycles. The van der Waals surface area contributed by atoms with Crippen molar-refractivity contribution < 1.29 is 19.1 Å². The number of hydrogen-bond acceptors (Lipinski definition) is 5. The first-order chi connectivity index (χ1) is 14.2. The summed E-state index contributed by atoms with van der Waals surface area (Å²) in [6.07, 6.45) is 6.09. The molecule has 3 aliphatic rings. The quantitative estimate of drug-likeness (QED) is 0.628. The number of alkyl carbamates (subject to hydrolysis) is 1. The summed E-state index contributed by atoms with van der Waals surface area (Å²) in [5, 5.41) is 9.63. The monoisotopic (exact) mass is 433 g/mol. The molecule has 4 rings (SSSR count). The highest BCUT2D eigenvalue weighted by Crippen LogP contribution is 2.43. The van der Waals surface area contributed by atoms with Gasteiger partial charge in [0, 0.05) is 17.3 Å². The van der Waals surface area contributed by atoms with Crippen LogP contribution in [0.3, 0.4) is 0 Å². The minimum atomic E-state index is -0.575. The third-order valence-electron chi connectivity index (χ3n) is 5.63. The average molecular weight is 434 g/mol. The molecule has 0 bridgehead atoms. The number of nitrogens with one attached hydrogen (secondary N) is 3. The van der Waals surface area contributed by atoms with Gasteiger partial charge in [-0.05, 0) is 77.2 Å². The maximum absolute atomic E-state index is 13.0. The summed E-state index contributed by atoms with van der Waals surface area (Å²) in [6.45, 7) is 6.17. The van der Waals surface area contributed by atoms with E-state index in [0.29, 0.717) is 23.0 Å². The Bertz CT molecular complexity index is 849. The van der Waals surface area contributed by atoms with E-state index in [1.54, 1.807) is 0 Å². The number of thiophene rings is 1. The lowest BCUT2D eigenvalue weighted by atomic mass is 9.91. The molecule has 2 saturated carbocycles. The van der Waals surface area contributed by atoms with Crippen LogP contribution in [0.2, 0.25) is 0 Å². The minimum Gasteiger partial charge on any atom is -0.444 e. The van der Waals surface area contributed by atoms with Crippen molar-refractivity contribution in [3.05, 3.63) is 16.0 Å². The summed E-state index contributed by atoms with van der Waals surface area (Å²) in [7, 11) is 0. The van der Waals surface area contributed by atoms with E-state index in [9.17, 15) is 14.4 Å². The molecule has 0 aromatic carbocycles. The Kier molecular flexibility index (Phi) is 5.79. The number of carbonyl (C=O) groups excluding carboxylic acids is 3. The van der Waals surface area contributed by atoms with Crippen molar-refractivity contribution in [3.8, 4) is 0 Å². The average Bonchev–Trinajstić information content (AvgIpc) is 3.55. The Hall–Kier alpha value is -2.09. The first-order valence-corrected chi connectivity index (χ1v) is 11.8. The Morgan fingerprint density at radius 1 is 1.10 bits per heavy atom. The molecule has 30 heavy (non-hydrogen) atoms. The van der Waals surface area contributed by atoms with Gasteiger partial charge in [-0.3, -0.25) is 9.59 Å². The van der Waals surface area contributed by atoms with Gasteiger partial charge in [0.2, 0.25) is 5.91 Å². The topological polar surface area (TPSA) is 96.5 Å². The predicted molar refractivity (Wildman–Crippen MR) is 116 cm³/mol. The van der Waals surface area contributed by atoms with Crippen LogP contribution in [0.15, 0.2) is 0 Å². The summed E-state index contributed by atoms with van der Waals surface area (Å²) in [5.41, 5.74) is 0.959. The number of ether oxygens (including phenoxy) is 1. The van der Waals surface area contributed by atoms with E-state index < -0.39 is 11.7 Å². The largest absolute Gasteiger partial charge is 0.444 e. The Labute approximate surface area is 181 Å². The van der Waals surface area contributed by atoms with Crippen molar-refractivity contribution >= 4 is 34.2 Å². The molecule has 1 unspecified atom stereocenters. The lowest BCUT2D eigenvalue weighted by molar-refractivity contribution is -0.117. The zero-order chi connectivity index (χ0) is 21.5. The molecule has 0 radical (unpaired) electrons. The molecule has 3 aliphatic carbocycles. The number of amides is 3. The lowest BCUT2D eigenvalue weighted by Gasteiger charge is -2.26. The first kappa shape index (κ1) is 21.2. The highest BCUT2D eigenvalue weighted by molar-refractivity contribution is 7.17. The van der Waals surface area contributed by atoms with Gasteiger partial charge in [0.15, 0.2) is 0 Å². The molecular formula is C22H31N3O4S. The molecule has 0 aliphatic heterocycles. The maximum atomic E-state index is 13.0. The molecular weight excluding hydrogens is 402 g/mol. The van der Waals surface area contributed by atoms with Crippen molar-refractivity contribution in [3.63, 3.8) is 0 Å². The summed E-state index contributed by atoms with van der Waals surface area (Å²) in [4.78, 5) is 38.8. The molecule has 1 atom stereocenters. The molecule has 0 spiro atoms. The van der Waals surface area contributed by atoms with Crippen molar-refractivity contribution in [1.82, 2.24) is 10.6 Å². The van der Waals surface area contributed by atoms with Crippen molar-refractivity contribution in [2.24, 2.45) is 11.8 Å². The number of fused-ring (bicyclic) bond motifs is 1. The van der Waals surface area contributed by atoms with E-state index in [4.69, 9.17) is 4.74 Å². The Morgan fingerprint density at radius 2 is 1.83 bits per heavy atom. The van der Waals surface area contributed by atoms with Crippen LogP contribution in [-0.2, 0) is 16.0 Å². The second-order valence-electron chi connectivity index (χ2n) is 9.66. The third kappa shape index (κ3) is 5.14. The summed E-state index contributed by atoms with van der Waals surface area (Å²) in [5.74, 6) is 0.501. The van der Waals surface area contributed by atoms with Gasteiger partial charge in [-0.1, -0.05) is 0 Å². The van der Waals surface area contributed by atoms with Crippen LogP contribution in [-0.4, -0.2) is 30.1 Å². The lowest BCUT2D eigenvalue weighted by Crippen LogP contribution is -2.36. The highest BCUT2D eigenvalue weighted by atomic mass is 32.1. The van der Waals surface area contributed by atoms with Crippen molar-refractivity contribution in [2.45, 2.75) is 77.4 Å². The van der Waals surface area contributed by atoms with Gasteiger partial charge in [-0.2, -0.15) is 0 Å². The van der Waals surface area contributed by atoms with Crippen LogP contribution >= 0.6 is 11.3 Å². The fourth-order valence-corrected chi connectivity index (χ4v) is 5.08. The summed E-state index contributed by atoms with van der Waals surface area (Å²) < 4.78 is 5.42. The van der Waals surface area contributed by atoms with Crippen molar-refractivity contribution in [2.75, 3.05) is 11.9 Å². The zero-order valence-corrected chi connectivity index (χ0v) is 18.7. The van der Waals surface area contributed by atoms with E-state index in [-0.39, 0.29) is 23.8 Å². The van der Waals surface area contributed by atoms with Gasteiger partial charge in [-0.25, -0.2) is 4.79 Å². The maximum Gasteiger partial charge on any atom is 0.408 e. The standard InChI is InChI=1S/C22H31N3O4S/c1-22(2,3)29-21(28)24-15-6-4-5-14-16(19(27)23-11-12-7-8-12)20(30-17(14)15)25-18(26)13-9-10-13/h12-13,15H,4-11H2,1-3H3,(H,23,27)(H,24,28)(H,25,26). The second-order valence-corrected chi connectivity index (χ2v) is 10.7. The summed E-state index contributed by atoms with van der Waals surface area (Å²) in [6, 6.07) is -0.213. The predicted octanol–water partition coefficient (Wildman–Crippen LogP) is 4.14. The van der Waals surface area contributed by atoms with Gasteiger partial charge in [0.25, 0.3) is 5.91 Å². The van der Waals surface area contributed by atoms with Gasteiger partial charge < -0.3 is 20.7 Å². The van der Waals surface area contributed by atoms with Crippen LogP contribution < -0.4 is 16.0 Å². The van der Waals surface area contributed by atoms with Crippen LogP contribution in [0.4, 0.5) is 9.80 Å².